The number of hydrogen-bond donors (Lipinski definition) is 1. The highest BCUT2D eigenvalue weighted by molar-refractivity contribution is 6.34. The van der Waals surface area contributed by atoms with Gasteiger partial charge in [-0.05, 0) is 13.3 Å². The lowest BCUT2D eigenvalue weighted by Gasteiger charge is -2.09. The van der Waals surface area contributed by atoms with E-state index in [-0.39, 0.29) is 5.91 Å². The number of halogens is 1. The van der Waals surface area contributed by atoms with Crippen LogP contribution in [0.2, 0.25) is 5.02 Å². The minimum Gasteiger partial charge on any atom is -0.343 e. The van der Waals surface area contributed by atoms with Gasteiger partial charge in [0.25, 0.3) is 5.91 Å². The maximum atomic E-state index is 11.9. The van der Waals surface area contributed by atoms with Gasteiger partial charge in [0.05, 0.1) is 10.7 Å². The predicted molar refractivity (Wildman–Crippen MR) is 66.2 cm³/mol. The highest BCUT2D eigenvalue weighted by Gasteiger charge is 2.24. The molecule has 1 amide bonds. The second kappa shape index (κ2) is 4.66. The van der Waals surface area contributed by atoms with Crippen molar-refractivity contribution in [3.63, 3.8) is 0 Å². The Morgan fingerprint density at radius 3 is 2.94 bits per heavy atom. The first-order valence-corrected chi connectivity index (χ1v) is 6.08. The van der Waals surface area contributed by atoms with Gasteiger partial charge in [-0.25, -0.2) is 0 Å². The van der Waals surface area contributed by atoms with E-state index in [4.69, 9.17) is 11.6 Å². The Hall–Kier alpha value is -1.07. The molecule has 0 bridgehead atoms. The summed E-state index contributed by atoms with van der Waals surface area (Å²) < 4.78 is 1.84. The molecule has 1 atom stereocenters. The first kappa shape index (κ1) is 12.4. The minimum atomic E-state index is -0.149. The van der Waals surface area contributed by atoms with E-state index in [0.717, 1.165) is 18.7 Å². The summed E-state index contributed by atoms with van der Waals surface area (Å²) in [7, 11) is 3.40. The summed E-state index contributed by atoms with van der Waals surface area (Å²) in [5.41, 5.74) is 1.25. The normalized spacial score (nSPS) is 19.6. The van der Waals surface area contributed by atoms with E-state index >= 15 is 0 Å². The highest BCUT2D eigenvalue weighted by atomic mass is 35.5. The molecule has 1 aromatic rings. The molecule has 94 valence electrons. The Balaban J connectivity index is 2.35. The molecule has 0 saturated carbocycles. The highest BCUT2D eigenvalue weighted by Crippen LogP contribution is 2.24. The van der Waals surface area contributed by atoms with Crippen molar-refractivity contribution < 1.29 is 4.79 Å². The minimum absolute atomic E-state index is 0.149. The number of rotatable bonds is 1. The number of aromatic nitrogens is 2. The van der Waals surface area contributed by atoms with Crippen molar-refractivity contribution in [2.24, 2.45) is 0 Å². The zero-order valence-electron chi connectivity index (χ0n) is 10.3. The van der Waals surface area contributed by atoms with Crippen molar-refractivity contribution in [1.82, 2.24) is 20.0 Å². The quantitative estimate of drug-likeness (QED) is 0.819. The van der Waals surface area contributed by atoms with Gasteiger partial charge < -0.3 is 10.2 Å². The summed E-state index contributed by atoms with van der Waals surface area (Å²) >= 11 is 6.23. The van der Waals surface area contributed by atoms with Crippen molar-refractivity contribution in [2.75, 3.05) is 14.1 Å². The predicted octanol–water partition coefficient (Wildman–Crippen LogP) is 1.12. The molecule has 1 unspecified atom stereocenters. The number of amides is 1. The number of fused-ring (bicyclic) bond motifs is 1. The Labute approximate surface area is 106 Å². The van der Waals surface area contributed by atoms with Crippen LogP contribution in [0.25, 0.3) is 0 Å². The third kappa shape index (κ3) is 2.30. The van der Waals surface area contributed by atoms with Gasteiger partial charge in [-0.1, -0.05) is 11.6 Å². The van der Waals surface area contributed by atoms with Crippen molar-refractivity contribution in [2.45, 2.75) is 32.5 Å². The largest absolute Gasteiger partial charge is 0.343 e. The van der Waals surface area contributed by atoms with Crippen LogP contribution in [0, 0.1) is 0 Å². The van der Waals surface area contributed by atoms with Crippen LogP contribution in [0.3, 0.4) is 0 Å². The molecule has 0 spiro atoms. The maximum Gasteiger partial charge on any atom is 0.275 e. The third-order valence-corrected chi connectivity index (χ3v) is 3.39. The van der Waals surface area contributed by atoms with E-state index in [1.807, 2.05) is 4.68 Å². The SMILES string of the molecule is CC1CCn2nc(C(=O)N(C)C)c(Cl)c2CN1. The van der Waals surface area contributed by atoms with Gasteiger partial charge in [0, 0.05) is 33.2 Å². The summed E-state index contributed by atoms with van der Waals surface area (Å²) in [6.45, 7) is 3.59. The molecule has 1 N–H and O–H groups in total. The Bertz CT molecular complexity index is 441. The molecule has 1 aliphatic heterocycles. The molecule has 6 heteroatoms. The lowest BCUT2D eigenvalue weighted by atomic mass is 10.2. The van der Waals surface area contributed by atoms with Gasteiger partial charge >= 0.3 is 0 Å². The number of nitrogens with one attached hydrogen (secondary N) is 1. The molecule has 2 heterocycles. The molecular weight excluding hydrogens is 240 g/mol. The van der Waals surface area contributed by atoms with Gasteiger partial charge in [0.1, 0.15) is 0 Å². The summed E-state index contributed by atoms with van der Waals surface area (Å²) in [5, 5.41) is 8.15. The average Bonchev–Trinajstić information content (AvgIpc) is 2.46. The molecule has 0 fully saturated rings. The first-order valence-electron chi connectivity index (χ1n) is 5.71. The van der Waals surface area contributed by atoms with E-state index in [1.165, 1.54) is 4.90 Å². The molecule has 17 heavy (non-hydrogen) atoms. The van der Waals surface area contributed by atoms with Crippen LogP contribution in [0.5, 0.6) is 0 Å². The number of hydrogen-bond acceptors (Lipinski definition) is 3. The number of carbonyl (C=O) groups excluding carboxylic acids is 1. The smallest absolute Gasteiger partial charge is 0.275 e. The first-order chi connectivity index (χ1) is 8.00. The zero-order valence-corrected chi connectivity index (χ0v) is 11.1. The fourth-order valence-corrected chi connectivity index (χ4v) is 2.15. The van der Waals surface area contributed by atoms with E-state index in [2.05, 4.69) is 17.3 Å². The van der Waals surface area contributed by atoms with Crippen molar-refractivity contribution in [1.29, 1.82) is 0 Å². The van der Waals surface area contributed by atoms with Gasteiger partial charge in [0.2, 0.25) is 0 Å². The number of nitrogens with zero attached hydrogens (tertiary/aromatic N) is 3. The second-order valence-electron chi connectivity index (χ2n) is 4.60. The lowest BCUT2D eigenvalue weighted by molar-refractivity contribution is 0.0821. The summed E-state index contributed by atoms with van der Waals surface area (Å²) in [4.78, 5) is 13.4. The van der Waals surface area contributed by atoms with Crippen LogP contribution in [0.15, 0.2) is 0 Å². The van der Waals surface area contributed by atoms with Crippen molar-refractivity contribution >= 4 is 17.5 Å². The fraction of sp³-hybridized carbons (Fsp3) is 0.636. The van der Waals surface area contributed by atoms with Crippen molar-refractivity contribution in [3.8, 4) is 0 Å². The van der Waals surface area contributed by atoms with Gasteiger partial charge in [0.15, 0.2) is 5.69 Å². The van der Waals surface area contributed by atoms with E-state index in [9.17, 15) is 4.79 Å². The summed E-state index contributed by atoms with van der Waals surface area (Å²) in [6.07, 6.45) is 0.987. The van der Waals surface area contributed by atoms with E-state index in [1.54, 1.807) is 14.1 Å². The molecule has 2 rings (SSSR count). The molecule has 1 aliphatic rings. The van der Waals surface area contributed by atoms with Crippen LogP contribution in [-0.4, -0.2) is 40.7 Å². The van der Waals surface area contributed by atoms with Gasteiger partial charge in [-0.15, -0.1) is 0 Å². The zero-order chi connectivity index (χ0) is 12.6. The third-order valence-electron chi connectivity index (χ3n) is 2.99. The molecule has 5 nitrogen and oxygen atoms in total. The maximum absolute atomic E-state index is 11.9. The van der Waals surface area contributed by atoms with Crippen molar-refractivity contribution in [3.05, 3.63) is 16.4 Å². The molecule has 0 aliphatic carbocycles. The average molecular weight is 257 g/mol. The monoisotopic (exact) mass is 256 g/mol. The van der Waals surface area contributed by atoms with Gasteiger partial charge in [-0.3, -0.25) is 9.48 Å². The van der Waals surface area contributed by atoms with Crippen LogP contribution in [0.1, 0.15) is 29.5 Å². The van der Waals surface area contributed by atoms with Crippen LogP contribution in [0.4, 0.5) is 0 Å². The molecular formula is C11H17ClN4O. The Morgan fingerprint density at radius 1 is 1.59 bits per heavy atom. The lowest BCUT2D eigenvalue weighted by Crippen LogP contribution is -2.24. The van der Waals surface area contributed by atoms with Crippen LogP contribution < -0.4 is 5.32 Å². The topological polar surface area (TPSA) is 50.2 Å². The van der Waals surface area contributed by atoms with Crippen LogP contribution in [-0.2, 0) is 13.1 Å². The van der Waals surface area contributed by atoms with E-state index in [0.29, 0.717) is 23.3 Å². The van der Waals surface area contributed by atoms with Crippen LogP contribution >= 0.6 is 11.6 Å². The molecule has 0 aromatic carbocycles. The second-order valence-corrected chi connectivity index (χ2v) is 4.98. The Morgan fingerprint density at radius 2 is 2.29 bits per heavy atom. The molecule has 1 aromatic heterocycles. The number of carbonyl (C=O) groups is 1. The summed E-state index contributed by atoms with van der Waals surface area (Å²) in [6, 6.07) is 0.445. The molecule has 0 radical (unpaired) electrons. The van der Waals surface area contributed by atoms with Gasteiger partial charge in [-0.2, -0.15) is 5.10 Å². The summed E-state index contributed by atoms with van der Waals surface area (Å²) in [5.74, 6) is -0.149. The fourth-order valence-electron chi connectivity index (χ4n) is 1.87. The molecule has 0 saturated heterocycles. The number of aryl methyl sites for hydroxylation is 1. The standard InChI is InChI=1S/C11H17ClN4O/c1-7-4-5-16-8(6-13-7)9(12)10(14-16)11(17)15(2)3/h7,13H,4-6H2,1-3H3. The van der Waals surface area contributed by atoms with E-state index < -0.39 is 0 Å². The Kier molecular flexibility index (Phi) is 3.40.